The highest BCUT2D eigenvalue weighted by Gasteiger charge is 2.06. The van der Waals surface area contributed by atoms with Gasteiger partial charge >= 0.3 is 0 Å². The molecule has 1 N–H and O–H groups in total. The van der Waals surface area contributed by atoms with Gasteiger partial charge < -0.3 is 10.1 Å². The SMILES string of the molecule is COc1ccccc1-c1ccnc(Nc2cccc(C)c2)c1. The van der Waals surface area contributed by atoms with E-state index in [0.717, 1.165) is 28.4 Å². The Hall–Kier alpha value is -2.81. The van der Waals surface area contributed by atoms with E-state index in [9.17, 15) is 0 Å². The van der Waals surface area contributed by atoms with Gasteiger partial charge in [-0.05, 0) is 48.4 Å². The Morgan fingerprint density at radius 1 is 0.955 bits per heavy atom. The molecule has 2 aromatic carbocycles. The lowest BCUT2D eigenvalue weighted by atomic mass is 10.1. The first-order valence-corrected chi connectivity index (χ1v) is 7.19. The molecule has 0 aliphatic rings. The first-order valence-electron chi connectivity index (χ1n) is 7.19. The lowest BCUT2D eigenvalue weighted by Gasteiger charge is -2.11. The zero-order valence-electron chi connectivity index (χ0n) is 12.7. The van der Waals surface area contributed by atoms with Crippen LogP contribution in [0.4, 0.5) is 11.5 Å². The van der Waals surface area contributed by atoms with Gasteiger partial charge in [-0.15, -0.1) is 0 Å². The first kappa shape index (κ1) is 14.1. The van der Waals surface area contributed by atoms with Crippen molar-refractivity contribution < 1.29 is 4.74 Å². The Morgan fingerprint density at radius 2 is 1.82 bits per heavy atom. The van der Waals surface area contributed by atoms with Gasteiger partial charge in [-0.2, -0.15) is 0 Å². The normalized spacial score (nSPS) is 10.3. The van der Waals surface area contributed by atoms with E-state index in [2.05, 4.69) is 29.4 Å². The van der Waals surface area contributed by atoms with E-state index in [4.69, 9.17) is 4.74 Å². The van der Waals surface area contributed by atoms with Gasteiger partial charge in [-0.3, -0.25) is 0 Å². The van der Waals surface area contributed by atoms with E-state index in [1.807, 2.05) is 48.5 Å². The maximum atomic E-state index is 5.43. The standard InChI is InChI=1S/C19H18N2O/c1-14-6-5-7-16(12-14)21-19-13-15(10-11-20-19)17-8-3-4-9-18(17)22-2/h3-13H,1-2H3,(H,20,21). The molecule has 0 unspecified atom stereocenters. The van der Waals surface area contributed by atoms with E-state index < -0.39 is 0 Å². The monoisotopic (exact) mass is 290 g/mol. The van der Waals surface area contributed by atoms with Crippen LogP contribution in [0.5, 0.6) is 5.75 Å². The highest BCUT2D eigenvalue weighted by Crippen LogP contribution is 2.30. The number of pyridine rings is 1. The van der Waals surface area contributed by atoms with Crippen LogP contribution in [0.1, 0.15) is 5.56 Å². The number of nitrogens with zero attached hydrogens (tertiary/aromatic N) is 1. The van der Waals surface area contributed by atoms with Gasteiger partial charge in [0.1, 0.15) is 11.6 Å². The summed E-state index contributed by atoms with van der Waals surface area (Å²) in [4.78, 5) is 4.39. The molecule has 0 aliphatic heterocycles. The summed E-state index contributed by atoms with van der Waals surface area (Å²) < 4.78 is 5.43. The molecule has 3 nitrogen and oxygen atoms in total. The molecule has 22 heavy (non-hydrogen) atoms. The van der Waals surface area contributed by atoms with Crippen LogP contribution in [0.15, 0.2) is 66.9 Å². The van der Waals surface area contributed by atoms with Crippen LogP contribution in [-0.2, 0) is 0 Å². The summed E-state index contributed by atoms with van der Waals surface area (Å²) in [6.07, 6.45) is 1.81. The Labute approximate surface area is 130 Å². The average molecular weight is 290 g/mol. The fraction of sp³-hybridized carbons (Fsp3) is 0.105. The summed E-state index contributed by atoms with van der Waals surface area (Å²) in [6.45, 7) is 2.07. The van der Waals surface area contributed by atoms with Crippen LogP contribution in [0.2, 0.25) is 0 Å². The Bertz CT molecular complexity index is 784. The molecule has 0 saturated heterocycles. The molecular formula is C19H18N2O. The summed E-state index contributed by atoms with van der Waals surface area (Å²) in [6, 6.07) is 20.2. The van der Waals surface area contributed by atoms with Crippen LogP contribution in [-0.4, -0.2) is 12.1 Å². The fourth-order valence-electron chi connectivity index (χ4n) is 2.42. The number of hydrogen-bond acceptors (Lipinski definition) is 3. The predicted molar refractivity (Wildman–Crippen MR) is 90.7 cm³/mol. The van der Waals surface area contributed by atoms with Crippen molar-refractivity contribution in [2.45, 2.75) is 6.92 Å². The summed E-state index contributed by atoms with van der Waals surface area (Å²) in [5.41, 5.74) is 4.37. The lowest BCUT2D eigenvalue weighted by molar-refractivity contribution is 0.416. The molecule has 110 valence electrons. The molecule has 3 aromatic rings. The minimum Gasteiger partial charge on any atom is -0.496 e. The molecule has 0 bridgehead atoms. The molecule has 1 heterocycles. The summed E-state index contributed by atoms with van der Waals surface area (Å²) in [7, 11) is 1.69. The number of ether oxygens (including phenoxy) is 1. The van der Waals surface area contributed by atoms with Gasteiger partial charge in [0, 0.05) is 17.4 Å². The van der Waals surface area contributed by atoms with Crippen molar-refractivity contribution in [3.63, 3.8) is 0 Å². The number of rotatable bonds is 4. The van der Waals surface area contributed by atoms with Gasteiger partial charge in [0.05, 0.1) is 7.11 Å². The number of anilines is 2. The van der Waals surface area contributed by atoms with Crippen molar-refractivity contribution in [3.8, 4) is 16.9 Å². The quantitative estimate of drug-likeness (QED) is 0.748. The lowest BCUT2D eigenvalue weighted by Crippen LogP contribution is -1.94. The third kappa shape index (κ3) is 3.09. The highest BCUT2D eigenvalue weighted by atomic mass is 16.5. The molecule has 0 spiro atoms. The van der Waals surface area contributed by atoms with E-state index in [0.29, 0.717) is 0 Å². The van der Waals surface area contributed by atoms with Crippen LogP contribution >= 0.6 is 0 Å². The third-order valence-electron chi connectivity index (χ3n) is 3.47. The van der Waals surface area contributed by atoms with E-state index in [1.165, 1.54) is 5.56 Å². The minimum absolute atomic E-state index is 0.814. The molecular weight excluding hydrogens is 272 g/mol. The molecule has 0 atom stereocenters. The second-order valence-electron chi connectivity index (χ2n) is 5.12. The van der Waals surface area contributed by atoms with Crippen molar-refractivity contribution in [2.24, 2.45) is 0 Å². The second-order valence-corrected chi connectivity index (χ2v) is 5.12. The molecule has 3 heteroatoms. The Kier molecular flexibility index (Phi) is 4.05. The van der Waals surface area contributed by atoms with Crippen molar-refractivity contribution in [1.29, 1.82) is 0 Å². The number of methoxy groups -OCH3 is 1. The molecule has 0 saturated carbocycles. The molecule has 0 radical (unpaired) electrons. The third-order valence-corrected chi connectivity index (χ3v) is 3.47. The maximum absolute atomic E-state index is 5.43. The number of para-hydroxylation sites is 1. The molecule has 1 aromatic heterocycles. The van der Waals surface area contributed by atoms with Crippen molar-refractivity contribution in [2.75, 3.05) is 12.4 Å². The first-order chi connectivity index (χ1) is 10.8. The number of hydrogen-bond donors (Lipinski definition) is 1. The summed E-state index contributed by atoms with van der Waals surface area (Å²) in [5.74, 6) is 1.67. The predicted octanol–water partition coefficient (Wildman–Crippen LogP) is 4.81. The van der Waals surface area contributed by atoms with Crippen molar-refractivity contribution >= 4 is 11.5 Å². The average Bonchev–Trinajstić information content (AvgIpc) is 2.55. The molecule has 3 rings (SSSR count). The molecule has 0 amide bonds. The topological polar surface area (TPSA) is 34.1 Å². The van der Waals surface area contributed by atoms with E-state index >= 15 is 0 Å². The smallest absolute Gasteiger partial charge is 0.130 e. The fourth-order valence-corrected chi connectivity index (χ4v) is 2.42. The number of aromatic nitrogens is 1. The molecule has 0 aliphatic carbocycles. The van der Waals surface area contributed by atoms with Gasteiger partial charge in [0.25, 0.3) is 0 Å². The number of aryl methyl sites for hydroxylation is 1. The van der Waals surface area contributed by atoms with Crippen LogP contribution in [0, 0.1) is 6.92 Å². The maximum Gasteiger partial charge on any atom is 0.130 e. The van der Waals surface area contributed by atoms with Gasteiger partial charge in [0.2, 0.25) is 0 Å². The van der Waals surface area contributed by atoms with E-state index in [1.54, 1.807) is 13.3 Å². The Morgan fingerprint density at radius 3 is 2.64 bits per heavy atom. The van der Waals surface area contributed by atoms with E-state index in [-0.39, 0.29) is 0 Å². The van der Waals surface area contributed by atoms with Gasteiger partial charge in [0.15, 0.2) is 0 Å². The zero-order chi connectivity index (χ0) is 15.4. The largest absolute Gasteiger partial charge is 0.496 e. The molecule has 0 fully saturated rings. The van der Waals surface area contributed by atoms with Crippen LogP contribution in [0.25, 0.3) is 11.1 Å². The van der Waals surface area contributed by atoms with Crippen LogP contribution < -0.4 is 10.1 Å². The highest BCUT2D eigenvalue weighted by molar-refractivity contribution is 5.73. The van der Waals surface area contributed by atoms with Gasteiger partial charge in [-0.1, -0.05) is 30.3 Å². The van der Waals surface area contributed by atoms with Crippen LogP contribution in [0.3, 0.4) is 0 Å². The van der Waals surface area contributed by atoms with Crippen molar-refractivity contribution in [1.82, 2.24) is 4.98 Å². The Balaban J connectivity index is 1.93. The van der Waals surface area contributed by atoms with Crippen molar-refractivity contribution in [3.05, 3.63) is 72.4 Å². The summed E-state index contributed by atoms with van der Waals surface area (Å²) >= 11 is 0. The zero-order valence-corrected chi connectivity index (χ0v) is 12.7. The minimum atomic E-state index is 0.814. The summed E-state index contributed by atoms with van der Waals surface area (Å²) in [5, 5.41) is 3.34. The number of nitrogens with one attached hydrogen (secondary N) is 1. The van der Waals surface area contributed by atoms with Gasteiger partial charge in [-0.25, -0.2) is 4.98 Å². The second kappa shape index (κ2) is 6.31. The number of benzene rings is 2.